The Kier molecular flexibility index (Phi) is 5.45. The van der Waals surface area contributed by atoms with E-state index in [2.05, 4.69) is 18.9 Å². The Bertz CT molecular complexity index is 1060. The molecule has 3 aromatic rings. The van der Waals surface area contributed by atoms with Crippen LogP contribution >= 0.6 is 22.9 Å². The van der Waals surface area contributed by atoms with Crippen molar-refractivity contribution < 1.29 is 4.90 Å². The monoisotopic (exact) mass is 417 g/mol. The molecule has 3 heterocycles. The van der Waals surface area contributed by atoms with Crippen molar-refractivity contribution in [2.45, 2.75) is 32.7 Å². The second kappa shape index (κ2) is 7.85. The van der Waals surface area contributed by atoms with Crippen LogP contribution in [0.1, 0.15) is 30.2 Å². The van der Waals surface area contributed by atoms with Gasteiger partial charge in [0.05, 0.1) is 29.5 Å². The van der Waals surface area contributed by atoms with Gasteiger partial charge in [-0.1, -0.05) is 24.9 Å². The van der Waals surface area contributed by atoms with Gasteiger partial charge >= 0.3 is 0 Å². The summed E-state index contributed by atoms with van der Waals surface area (Å²) >= 11 is 7.77. The first-order chi connectivity index (χ1) is 13.5. The standard InChI is InChI=1S/C21H25ClN4OS/c1-4-5-11-25(3)21-23-19-18(16-10-12-24(2)13-17(16)28-19)20(27)26(21)15-8-6-14(22)7-9-15/h6-9H,4-5,10-13H2,1-3H3/p+1. The maximum absolute atomic E-state index is 13.7. The van der Waals surface area contributed by atoms with Crippen LogP contribution in [0.4, 0.5) is 5.95 Å². The van der Waals surface area contributed by atoms with E-state index in [9.17, 15) is 4.79 Å². The SMILES string of the molecule is CCCCN(C)c1nc2sc3c(c2c(=O)n1-c1ccc(Cl)cc1)CC[NH+](C)C3. The Labute approximate surface area is 174 Å². The molecule has 7 heteroatoms. The van der Waals surface area contributed by atoms with E-state index in [0.29, 0.717) is 11.0 Å². The number of rotatable bonds is 5. The zero-order valence-corrected chi connectivity index (χ0v) is 18.2. The highest BCUT2D eigenvalue weighted by Crippen LogP contribution is 2.31. The first kappa shape index (κ1) is 19.4. The summed E-state index contributed by atoms with van der Waals surface area (Å²) in [5.74, 6) is 0.701. The lowest BCUT2D eigenvalue weighted by Gasteiger charge is -2.22. The molecule has 1 atom stereocenters. The molecule has 1 aromatic carbocycles. The molecule has 0 aliphatic carbocycles. The van der Waals surface area contributed by atoms with Gasteiger partial charge in [0.15, 0.2) is 0 Å². The summed E-state index contributed by atoms with van der Waals surface area (Å²) in [5.41, 5.74) is 2.04. The molecule has 2 aromatic heterocycles. The first-order valence-electron chi connectivity index (χ1n) is 9.85. The summed E-state index contributed by atoms with van der Waals surface area (Å²) in [6, 6.07) is 7.44. The van der Waals surface area contributed by atoms with Gasteiger partial charge in [0, 0.05) is 25.0 Å². The van der Waals surface area contributed by atoms with Crippen LogP contribution < -0.4 is 15.4 Å². The molecule has 1 N–H and O–H groups in total. The van der Waals surface area contributed by atoms with Crippen LogP contribution in [0.25, 0.3) is 15.9 Å². The summed E-state index contributed by atoms with van der Waals surface area (Å²) in [6.45, 7) is 5.05. The molecule has 0 spiro atoms. The van der Waals surface area contributed by atoms with Crippen molar-refractivity contribution in [3.8, 4) is 5.69 Å². The number of anilines is 1. The number of nitrogens with one attached hydrogen (secondary N) is 1. The van der Waals surface area contributed by atoms with Crippen molar-refractivity contribution in [1.82, 2.24) is 9.55 Å². The molecular formula is C21H26ClN4OS+. The molecule has 1 unspecified atom stereocenters. The second-order valence-electron chi connectivity index (χ2n) is 7.62. The van der Waals surface area contributed by atoms with Crippen molar-refractivity contribution in [3.63, 3.8) is 0 Å². The number of nitrogens with zero attached hydrogens (tertiary/aromatic N) is 3. The van der Waals surface area contributed by atoms with Crippen LogP contribution in [0, 0.1) is 0 Å². The van der Waals surface area contributed by atoms with Crippen molar-refractivity contribution in [2.24, 2.45) is 0 Å². The fourth-order valence-corrected chi connectivity index (χ4v) is 5.27. The molecular weight excluding hydrogens is 392 g/mol. The van der Waals surface area contributed by atoms with E-state index < -0.39 is 0 Å². The van der Waals surface area contributed by atoms with E-state index in [-0.39, 0.29) is 5.56 Å². The summed E-state index contributed by atoms with van der Waals surface area (Å²) in [4.78, 5) is 24.4. The molecule has 5 nitrogen and oxygen atoms in total. The topological polar surface area (TPSA) is 42.6 Å². The van der Waals surface area contributed by atoms with Gasteiger partial charge in [-0.25, -0.2) is 9.55 Å². The van der Waals surface area contributed by atoms with Crippen molar-refractivity contribution in [2.75, 3.05) is 32.1 Å². The van der Waals surface area contributed by atoms with E-state index in [4.69, 9.17) is 16.6 Å². The Morgan fingerprint density at radius 3 is 2.79 bits per heavy atom. The highest BCUT2D eigenvalue weighted by Gasteiger charge is 2.26. The Morgan fingerprint density at radius 1 is 1.32 bits per heavy atom. The Morgan fingerprint density at radius 2 is 2.07 bits per heavy atom. The van der Waals surface area contributed by atoms with E-state index in [1.807, 2.05) is 31.3 Å². The third kappa shape index (κ3) is 3.45. The fraction of sp³-hybridized carbons (Fsp3) is 0.429. The molecule has 28 heavy (non-hydrogen) atoms. The van der Waals surface area contributed by atoms with Crippen LogP contribution in [0.15, 0.2) is 29.1 Å². The molecule has 0 amide bonds. The minimum Gasteiger partial charge on any atom is -0.345 e. The smallest absolute Gasteiger partial charge is 0.268 e. The number of hydrogen-bond acceptors (Lipinski definition) is 4. The lowest BCUT2D eigenvalue weighted by molar-refractivity contribution is -0.895. The minimum atomic E-state index is 0.0303. The fourth-order valence-electron chi connectivity index (χ4n) is 3.82. The Balaban J connectivity index is 1.96. The van der Waals surface area contributed by atoms with Crippen LogP contribution in [0.2, 0.25) is 5.02 Å². The number of likely N-dealkylation sites (N-methyl/N-ethyl adjacent to an activating group) is 1. The van der Waals surface area contributed by atoms with Gasteiger partial charge < -0.3 is 9.80 Å². The molecule has 0 radical (unpaired) electrons. The van der Waals surface area contributed by atoms with Crippen molar-refractivity contribution in [1.29, 1.82) is 0 Å². The maximum Gasteiger partial charge on any atom is 0.268 e. The van der Waals surface area contributed by atoms with Crippen LogP contribution in [0.3, 0.4) is 0 Å². The number of benzene rings is 1. The summed E-state index contributed by atoms with van der Waals surface area (Å²) in [6.07, 6.45) is 3.09. The highest BCUT2D eigenvalue weighted by atomic mass is 35.5. The lowest BCUT2D eigenvalue weighted by Crippen LogP contribution is -3.08. The third-order valence-corrected chi connectivity index (χ3v) is 6.81. The number of thiophene rings is 1. The molecule has 0 fully saturated rings. The quantitative estimate of drug-likeness (QED) is 0.694. The average molecular weight is 418 g/mol. The van der Waals surface area contributed by atoms with Gasteiger partial charge in [-0.2, -0.15) is 0 Å². The molecule has 4 rings (SSSR count). The normalized spacial score (nSPS) is 16.4. The lowest BCUT2D eigenvalue weighted by atomic mass is 10.1. The van der Waals surface area contributed by atoms with Gasteiger partial charge in [0.2, 0.25) is 5.95 Å². The molecule has 148 valence electrons. The van der Waals surface area contributed by atoms with E-state index >= 15 is 0 Å². The first-order valence-corrected chi connectivity index (χ1v) is 11.0. The second-order valence-corrected chi connectivity index (χ2v) is 9.14. The third-order valence-electron chi connectivity index (χ3n) is 5.43. The van der Waals surface area contributed by atoms with Crippen molar-refractivity contribution >= 4 is 39.1 Å². The molecule has 0 bridgehead atoms. The number of hydrogen-bond donors (Lipinski definition) is 1. The van der Waals surface area contributed by atoms with Crippen LogP contribution in [0.5, 0.6) is 0 Å². The van der Waals surface area contributed by atoms with Gasteiger partial charge in [0.25, 0.3) is 5.56 Å². The predicted octanol–water partition coefficient (Wildman–Crippen LogP) is 2.91. The Hall–Kier alpha value is -1.89. The number of unbranched alkanes of at least 4 members (excludes halogenated alkanes) is 1. The summed E-state index contributed by atoms with van der Waals surface area (Å²) in [7, 11) is 4.22. The maximum atomic E-state index is 13.7. The van der Waals surface area contributed by atoms with Gasteiger partial charge in [0.1, 0.15) is 11.4 Å². The molecule has 0 saturated carbocycles. The molecule has 0 saturated heterocycles. The van der Waals surface area contributed by atoms with Gasteiger partial charge in [-0.3, -0.25) is 4.79 Å². The van der Waals surface area contributed by atoms with E-state index in [0.717, 1.165) is 54.8 Å². The van der Waals surface area contributed by atoms with Gasteiger partial charge in [-0.05, 0) is 36.2 Å². The van der Waals surface area contributed by atoms with Gasteiger partial charge in [-0.15, -0.1) is 11.3 Å². The molecule has 1 aliphatic rings. The van der Waals surface area contributed by atoms with E-state index in [1.165, 1.54) is 15.3 Å². The van der Waals surface area contributed by atoms with Crippen LogP contribution in [-0.4, -0.2) is 36.7 Å². The number of fused-ring (bicyclic) bond motifs is 3. The zero-order chi connectivity index (χ0) is 19.8. The predicted molar refractivity (Wildman–Crippen MR) is 118 cm³/mol. The van der Waals surface area contributed by atoms with Crippen molar-refractivity contribution in [3.05, 3.63) is 50.1 Å². The average Bonchev–Trinajstić information content (AvgIpc) is 3.04. The zero-order valence-electron chi connectivity index (χ0n) is 16.6. The number of aromatic nitrogens is 2. The van der Waals surface area contributed by atoms with E-state index in [1.54, 1.807) is 15.9 Å². The summed E-state index contributed by atoms with van der Waals surface area (Å²) in [5, 5.41) is 1.46. The molecule has 1 aliphatic heterocycles. The van der Waals surface area contributed by atoms with Crippen LogP contribution in [-0.2, 0) is 13.0 Å². The highest BCUT2D eigenvalue weighted by molar-refractivity contribution is 7.18. The largest absolute Gasteiger partial charge is 0.345 e. The number of halogens is 1. The number of quaternary nitrogens is 1. The minimum absolute atomic E-state index is 0.0303. The summed E-state index contributed by atoms with van der Waals surface area (Å²) < 4.78 is 1.76.